The zero-order chi connectivity index (χ0) is 12.8. The fourth-order valence-electron chi connectivity index (χ4n) is 1.94. The summed E-state index contributed by atoms with van der Waals surface area (Å²) in [5, 5.41) is 7.30. The molecule has 1 unspecified atom stereocenters. The van der Waals surface area contributed by atoms with Crippen LogP contribution in [0.1, 0.15) is 22.9 Å². The molecular weight excluding hydrogens is 226 g/mol. The Bertz CT molecular complexity index is 467. The van der Waals surface area contributed by atoms with Gasteiger partial charge in [0.25, 0.3) is 0 Å². The second-order valence-corrected chi connectivity index (χ2v) is 4.40. The lowest BCUT2D eigenvalue weighted by Crippen LogP contribution is -2.26. The van der Waals surface area contributed by atoms with Crippen molar-refractivity contribution in [2.75, 3.05) is 13.1 Å². The number of benzene rings is 1. The summed E-state index contributed by atoms with van der Waals surface area (Å²) in [7, 11) is 0. The number of nitrogens with two attached hydrogens (primary N) is 1. The third-order valence-electron chi connectivity index (χ3n) is 2.93. The molecule has 2 aromatic rings. The lowest BCUT2D eigenvalue weighted by molar-refractivity contribution is 0.387. The monoisotopic (exact) mass is 245 g/mol. The van der Waals surface area contributed by atoms with Gasteiger partial charge in [0.05, 0.1) is 5.69 Å². The van der Waals surface area contributed by atoms with E-state index in [0.717, 1.165) is 18.0 Å². The molecule has 1 aromatic carbocycles. The van der Waals surface area contributed by atoms with E-state index in [1.54, 1.807) is 0 Å². The van der Waals surface area contributed by atoms with Crippen molar-refractivity contribution in [3.63, 3.8) is 0 Å². The van der Waals surface area contributed by atoms with Crippen LogP contribution in [-0.4, -0.2) is 18.2 Å². The molecule has 0 radical (unpaired) electrons. The fraction of sp³-hybridized carbons (Fsp3) is 0.357. The van der Waals surface area contributed by atoms with Gasteiger partial charge in [-0.3, -0.25) is 0 Å². The third-order valence-corrected chi connectivity index (χ3v) is 2.93. The molecule has 0 fully saturated rings. The van der Waals surface area contributed by atoms with Crippen molar-refractivity contribution in [3.8, 4) is 0 Å². The van der Waals surface area contributed by atoms with Crippen LogP contribution in [0.5, 0.6) is 0 Å². The van der Waals surface area contributed by atoms with E-state index >= 15 is 0 Å². The Morgan fingerprint density at radius 2 is 2.11 bits per heavy atom. The smallest absolute Gasteiger partial charge is 0.133 e. The third kappa shape index (κ3) is 3.42. The van der Waals surface area contributed by atoms with Gasteiger partial charge in [-0.25, -0.2) is 0 Å². The predicted molar refractivity (Wildman–Crippen MR) is 71.2 cm³/mol. The van der Waals surface area contributed by atoms with Gasteiger partial charge in [0.2, 0.25) is 0 Å². The van der Waals surface area contributed by atoms with Gasteiger partial charge in [0.15, 0.2) is 0 Å². The van der Waals surface area contributed by atoms with Gasteiger partial charge in [-0.1, -0.05) is 35.5 Å². The summed E-state index contributed by atoms with van der Waals surface area (Å²) in [6.07, 6.45) is 0. The van der Waals surface area contributed by atoms with Crippen molar-refractivity contribution in [1.29, 1.82) is 0 Å². The highest BCUT2D eigenvalue weighted by Crippen LogP contribution is 2.13. The van der Waals surface area contributed by atoms with Crippen molar-refractivity contribution < 1.29 is 4.52 Å². The molecule has 4 heteroatoms. The van der Waals surface area contributed by atoms with Crippen LogP contribution in [0.2, 0.25) is 0 Å². The normalized spacial score (nSPS) is 12.6. The van der Waals surface area contributed by atoms with Gasteiger partial charge in [-0.2, -0.15) is 0 Å². The number of aromatic nitrogens is 1. The van der Waals surface area contributed by atoms with Crippen LogP contribution in [0.25, 0.3) is 0 Å². The van der Waals surface area contributed by atoms with E-state index in [2.05, 4.69) is 22.6 Å². The first-order chi connectivity index (χ1) is 8.79. The Balaban J connectivity index is 1.84. The number of nitrogens with zero attached hydrogens (tertiary/aromatic N) is 1. The molecule has 2 rings (SSSR count). The minimum Gasteiger partial charge on any atom is -0.361 e. The molecule has 0 saturated heterocycles. The number of aryl methyl sites for hydroxylation is 1. The Hall–Kier alpha value is -1.65. The van der Waals surface area contributed by atoms with Crippen molar-refractivity contribution in [3.05, 3.63) is 53.4 Å². The van der Waals surface area contributed by atoms with E-state index in [-0.39, 0.29) is 0 Å². The first-order valence-corrected chi connectivity index (χ1v) is 6.17. The molecule has 0 saturated carbocycles. The SMILES string of the molecule is Cc1cc(CNCC(CN)c2ccccc2)no1. The van der Waals surface area contributed by atoms with E-state index in [1.807, 2.05) is 31.2 Å². The second-order valence-electron chi connectivity index (χ2n) is 4.40. The van der Waals surface area contributed by atoms with E-state index < -0.39 is 0 Å². The molecule has 0 amide bonds. The minimum absolute atomic E-state index is 0.333. The molecule has 1 atom stereocenters. The van der Waals surface area contributed by atoms with Crippen LogP contribution >= 0.6 is 0 Å². The van der Waals surface area contributed by atoms with Crippen molar-refractivity contribution in [2.45, 2.75) is 19.4 Å². The topological polar surface area (TPSA) is 64.1 Å². The summed E-state index contributed by atoms with van der Waals surface area (Å²) >= 11 is 0. The molecule has 0 bridgehead atoms. The summed E-state index contributed by atoms with van der Waals surface area (Å²) in [5.41, 5.74) is 8.01. The van der Waals surface area contributed by atoms with Crippen LogP contribution in [0, 0.1) is 6.92 Å². The number of hydrogen-bond acceptors (Lipinski definition) is 4. The number of hydrogen-bond donors (Lipinski definition) is 2. The average molecular weight is 245 g/mol. The summed E-state index contributed by atoms with van der Waals surface area (Å²) in [6, 6.07) is 12.3. The first kappa shape index (κ1) is 12.8. The van der Waals surface area contributed by atoms with Crippen LogP contribution in [-0.2, 0) is 6.54 Å². The van der Waals surface area contributed by atoms with Crippen LogP contribution in [0.15, 0.2) is 40.9 Å². The van der Waals surface area contributed by atoms with Gasteiger partial charge in [-0.05, 0) is 12.5 Å². The van der Waals surface area contributed by atoms with Gasteiger partial charge < -0.3 is 15.6 Å². The Morgan fingerprint density at radius 3 is 2.72 bits per heavy atom. The highest BCUT2D eigenvalue weighted by molar-refractivity contribution is 5.20. The van der Waals surface area contributed by atoms with Gasteiger partial charge in [0.1, 0.15) is 5.76 Å². The molecular formula is C14H19N3O. The molecule has 1 heterocycles. The maximum absolute atomic E-state index is 5.81. The van der Waals surface area contributed by atoms with Crippen molar-refractivity contribution in [1.82, 2.24) is 10.5 Å². The van der Waals surface area contributed by atoms with E-state index in [4.69, 9.17) is 10.3 Å². The van der Waals surface area contributed by atoms with Crippen LogP contribution in [0.4, 0.5) is 0 Å². The van der Waals surface area contributed by atoms with E-state index in [9.17, 15) is 0 Å². The molecule has 0 spiro atoms. The zero-order valence-corrected chi connectivity index (χ0v) is 10.6. The fourth-order valence-corrected chi connectivity index (χ4v) is 1.94. The molecule has 4 nitrogen and oxygen atoms in total. The Morgan fingerprint density at radius 1 is 1.33 bits per heavy atom. The summed E-state index contributed by atoms with van der Waals surface area (Å²) in [5.74, 6) is 1.17. The predicted octanol–water partition coefficient (Wildman–Crippen LogP) is 1.82. The molecule has 0 aliphatic carbocycles. The molecule has 3 N–H and O–H groups in total. The van der Waals surface area contributed by atoms with E-state index in [1.165, 1.54) is 5.56 Å². The Kier molecular flexibility index (Phi) is 4.50. The lowest BCUT2D eigenvalue weighted by Gasteiger charge is -2.15. The second kappa shape index (κ2) is 6.33. The van der Waals surface area contributed by atoms with Crippen LogP contribution in [0.3, 0.4) is 0 Å². The summed E-state index contributed by atoms with van der Waals surface area (Å²) < 4.78 is 5.02. The zero-order valence-electron chi connectivity index (χ0n) is 10.6. The lowest BCUT2D eigenvalue weighted by atomic mass is 9.99. The van der Waals surface area contributed by atoms with Gasteiger partial charge >= 0.3 is 0 Å². The van der Waals surface area contributed by atoms with Crippen LogP contribution < -0.4 is 11.1 Å². The van der Waals surface area contributed by atoms with E-state index in [0.29, 0.717) is 19.0 Å². The molecule has 1 aromatic heterocycles. The maximum Gasteiger partial charge on any atom is 0.133 e. The first-order valence-electron chi connectivity index (χ1n) is 6.17. The number of rotatable bonds is 6. The Labute approximate surface area is 107 Å². The molecule has 18 heavy (non-hydrogen) atoms. The quantitative estimate of drug-likeness (QED) is 0.814. The maximum atomic E-state index is 5.81. The minimum atomic E-state index is 0.333. The van der Waals surface area contributed by atoms with Crippen molar-refractivity contribution >= 4 is 0 Å². The van der Waals surface area contributed by atoms with Gasteiger partial charge in [-0.15, -0.1) is 0 Å². The largest absolute Gasteiger partial charge is 0.361 e. The summed E-state index contributed by atoms with van der Waals surface area (Å²) in [6.45, 7) is 4.07. The highest BCUT2D eigenvalue weighted by atomic mass is 16.5. The average Bonchev–Trinajstić information content (AvgIpc) is 2.81. The highest BCUT2D eigenvalue weighted by Gasteiger charge is 2.09. The summed E-state index contributed by atoms with van der Waals surface area (Å²) in [4.78, 5) is 0. The standard InChI is InChI=1S/C14H19N3O/c1-11-7-14(17-18-11)10-16-9-13(8-15)12-5-3-2-4-6-12/h2-7,13,16H,8-10,15H2,1H3. The molecule has 96 valence electrons. The number of nitrogens with one attached hydrogen (secondary N) is 1. The van der Waals surface area contributed by atoms with Crippen molar-refractivity contribution in [2.24, 2.45) is 5.73 Å². The molecule has 0 aliphatic rings. The van der Waals surface area contributed by atoms with Gasteiger partial charge in [0, 0.05) is 31.6 Å². The molecule has 0 aliphatic heterocycles.